The van der Waals surface area contributed by atoms with Crippen LogP contribution in [-0.2, 0) is 33.3 Å². The summed E-state index contributed by atoms with van der Waals surface area (Å²) in [6, 6.07) is 0. The normalized spacial score (nSPS) is 13.9. The maximum Gasteiger partial charge on any atom is 0.306 e. The molecule has 0 aliphatic heterocycles. The van der Waals surface area contributed by atoms with E-state index in [1.54, 1.807) is 0 Å². The number of unbranched alkanes of at least 4 members (excludes halogenated alkanes) is 6. The number of carboxylic acids is 1. The summed E-state index contributed by atoms with van der Waals surface area (Å²) in [4.78, 5) is 36.9. The number of rotatable bonds is 37. The largest absolute Gasteiger partial charge is 0.545 e. The SMILES string of the molecule is CC/C=C\C/C=C\C/C=C\C/C=C\C/C=C\CCCCCC(=O)OC(COC(=O)CCCCC/C=C\C/C=C\C/C=C\CC)COC(OCC[N+](C)(C)C)C(=O)[O-]. The van der Waals surface area contributed by atoms with Crippen molar-refractivity contribution in [1.82, 2.24) is 0 Å². The molecule has 2 atom stereocenters. The fourth-order valence-corrected chi connectivity index (χ4v) is 5.04. The van der Waals surface area contributed by atoms with Crippen molar-refractivity contribution in [3.8, 4) is 0 Å². The fraction of sp³-hybridized carbons (Fsp3) is 0.604. The maximum absolute atomic E-state index is 12.7. The van der Waals surface area contributed by atoms with Gasteiger partial charge in [-0.25, -0.2) is 0 Å². The van der Waals surface area contributed by atoms with E-state index in [9.17, 15) is 19.5 Å². The molecule has 0 heterocycles. The summed E-state index contributed by atoms with van der Waals surface area (Å²) in [5.74, 6) is -2.39. The summed E-state index contributed by atoms with van der Waals surface area (Å²) in [6.07, 6.45) is 47.3. The van der Waals surface area contributed by atoms with Crippen LogP contribution in [0.3, 0.4) is 0 Å². The molecule has 0 radical (unpaired) electrons. The smallest absolute Gasteiger partial charge is 0.306 e. The maximum atomic E-state index is 12.7. The predicted octanol–water partition coefficient (Wildman–Crippen LogP) is 9.77. The molecule has 2 unspecified atom stereocenters. The molecule has 9 nitrogen and oxygen atoms in total. The highest BCUT2D eigenvalue weighted by molar-refractivity contribution is 5.70. The van der Waals surface area contributed by atoms with E-state index in [2.05, 4.69) is 111 Å². The molecule has 0 aromatic rings. The van der Waals surface area contributed by atoms with Gasteiger partial charge in [-0.1, -0.05) is 124 Å². The van der Waals surface area contributed by atoms with Crippen LogP contribution in [0.2, 0.25) is 0 Å². The Bertz CT molecular complexity index is 1250. The Morgan fingerprint density at radius 3 is 1.37 bits per heavy atom. The molecule has 9 heteroatoms. The molecular formula is C48H77NO8. The van der Waals surface area contributed by atoms with Gasteiger partial charge in [0.1, 0.15) is 13.2 Å². The topological polar surface area (TPSA) is 111 Å². The molecule has 0 aliphatic rings. The molecule has 0 aromatic carbocycles. The van der Waals surface area contributed by atoms with Crippen LogP contribution in [0, 0.1) is 0 Å². The van der Waals surface area contributed by atoms with Gasteiger partial charge >= 0.3 is 11.9 Å². The molecule has 0 spiro atoms. The average Bonchev–Trinajstić information content (AvgIpc) is 3.17. The Balaban J connectivity index is 4.60. The highest BCUT2D eigenvalue weighted by atomic mass is 16.7. The Morgan fingerprint density at radius 2 is 0.947 bits per heavy atom. The molecule has 0 aliphatic carbocycles. The lowest BCUT2D eigenvalue weighted by molar-refractivity contribution is -0.870. The van der Waals surface area contributed by atoms with Crippen LogP contribution in [-0.4, -0.2) is 82.3 Å². The van der Waals surface area contributed by atoms with Gasteiger partial charge in [0.05, 0.1) is 40.3 Å². The first-order valence-electron chi connectivity index (χ1n) is 21.4. The second kappa shape index (κ2) is 39.1. The van der Waals surface area contributed by atoms with Gasteiger partial charge in [-0.3, -0.25) is 9.59 Å². The van der Waals surface area contributed by atoms with E-state index in [4.69, 9.17) is 18.9 Å². The molecule has 0 saturated carbocycles. The van der Waals surface area contributed by atoms with E-state index in [1.165, 1.54) is 0 Å². The van der Waals surface area contributed by atoms with E-state index < -0.39 is 30.3 Å². The molecule has 0 bridgehead atoms. The first-order valence-corrected chi connectivity index (χ1v) is 21.4. The van der Waals surface area contributed by atoms with Crippen molar-refractivity contribution in [2.45, 2.75) is 142 Å². The lowest BCUT2D eigenvalue weighted by atomic mass is 10.1. The van der Waals surface area contributed by atoms with Gasteiger partial charge in [0.25, 0.3) is 0 Å². The number of allylic oxidation sites excluding steroid dienone is 16. The lowest BCUT2D eigenvalue weighted by Gasteiger charge is -2.26. The molecule has 0 fully saturated rings. The van der Waals surface area contributed by atoms with Crippen LogP contribution in [0.5, 0.6) is 0 Å². The number of carbonyl (C=O) groups excluding carboxylic acids is 3. The van der Waals surface area contributed by atoms with Crippen molar-refractivity contribution in [2.75, 3.05) is 47.5 Å². The van der Waals surface area contributed by atoms with Gasteiger partial charge in [-0.15, -0.1) is 0 Å². The van der Waals surface area contributed by atoms with E-state index >= 15 is 0 Å². The molecular weight excluding hydrogens is 719 g/mol. The molecule has 0 amide bonds. The number of hydrogen-bond donors (Lipinski definition) is 0. The third-order valence-corrected chi connectivity index (χ3v) is 8.33. The van der Waals surface area contributed by atoms with Gasteiger partial charge in [0, 0.05) is 12.8 Å². The first-order chi connectivity index (χ1) is 27.6. The molecule has 322 valence electrons. The third-order valence-electron chi connectivity index (χ3n) is 8.33. The number of carbonyl (C=O) groups is 3. The number of aliphatic carboxylic acids is 1. The zero-order valence-corrected chi connectivity index (χ0v) is 36.2. The van der Waals surface area contributed by atoms with Crippen molar-refractivity contribution in [2.24, 2.45) is 0 Å². The van der Waals surface area contributed by atoms with E-state index in [1.807, 2.05) is 21.1 Å². The lowest BCUT2D eigenvalue weighted by Crippen LogP contribution is -2.44. The van der Waals surface area contributed by atoms with Crippen LogP contribution in [0.25, 0.3) is 0 Å². The summed E-state index contributed by atoms with van der Waals surface area (Å²) in [5, 5.41) is 11.7. The molecule has 0 rings (SSSR count). The number of hydrogen-bond acceptors (Lipinski definition) is 8. The standard InChI is InChI=1S/C48H77NO8/c1-6-8-10-12-14-16-18-20-21-22-23-24-25-27-29-31-33-35-37-39-46(51)57-44(43-56-48(47(52)53)54-41-40-49(3,4)5)42-55-45(50)38-36-34-32-30-28-26-19-17-15-13-11-9-7-2/h8-11,14-17,20-21,23-24,26-29,44,48H,6-7,12-13,18-19,22,25,30-43H2,1-5H3/b10-8-,11-9-,16-14-,17-15-,21-20-,24-23-,28-26-,29-27-. The molecule has 0 saturated heterocycles. The van der Waals surface area contributed by atoms with Crippen molar-refractivity contribution < 1.29 is 42.9 Å². The van der Waals surface area contributed by atoms with E-state index in [0.717, 1.165) is 89.9 Å². The predicted molar refractivity (Wildman–Crippen MR) is 232 cm³/mol. The summed E-state index contributed by atoms with van der Waals surface area (Å²) >= 11 is 0. The average molecular weight is 796 g/mol. The quantitative estimate of drug-likeness (QED) is 0.0201. The second-order valence-corrected chi connectivity index (χ2v) is 14.9. The molecule has 0 N–H and O–H groups in total. The summed E-state index contributed by atoms with van der Waals surface area (Å²) in [7, 11) is 5.87. The van der Waals surface area contributed by atoms with Gasteiger partial charge < -0.3 is 33.3 Å². The summed E-state index contributed by atoms with van der Waals surface area (Å²) < 4.78 is 22.4. The Morgan fingerprint density at radius 1 is 0.526 bits per heavy atom. The highest BCUT2D eigenvalue weighted by Crippen LogP contribution is 2.10. The number of nitrogens with zero attached hydrogens (tertiary/aromatic N) is 1. The zero-order chi connectivity index (χ0) is 42.1. The number of likely N-dealkylation sites (N-methyl/N-ethyl adjacent to an activating group) is 1. The third kappa shape index (κ3) is 40.2. The Labute approximate surface area is 346 Å². The fourth-order valence-electron chi connectivity index (χ4n) is 5.04. The first kappa shape index (κ1) is 53.2. The summed E-state index contributed by atoms with van der Waals surface area (Å²) in [5.41, 5.74) is 0. The minimum absolute atomic E-state index is 0.130. The van der Waals surface area contributed by atoms with Gasteiger partial charge in [-0.05, 0) is 89.9 Å². The number of ether oxygens (including phenoxy) is 4. The van der Waals surface area contributed by atoms with Gasteiger partial charge in [-0.2, -0.15) is 0 Å². The minimum atomic E-state index is -1.64. The van der Waals surface area contributed by atoms with Gasteiger partial charge in [0.2, 0.25) is 0 Å². The minimum Gasteiger partial charge on any atom is -0.545 e. The van der Waals surface area contributed by atoms with Crippen LogP contribution >= 0.6 is 0 Å². The van der Waals surface area contributed by atoms with Crippen molar-refractivity contribution in [3.05, 3.63) is 97.2 Å². The molecule has 0 aromatic heterocycles. The monoisotopic (exact) mass is 796 g/mol. The van der Waals surface area contributed by atoms with Crippen molar-refractivity contribution in [3.63, 3.8) is 0 Å². The van der Waals surface area contributed by atoms with Crippen LogP contribution in [0.1, 0.15) is 129 Å². The van der Waals surface area contributed by atoms with Crippen LogP contribution in [0.4, 0.5) is 0 Å². The Hall–Kier alpha value is -3.79. The number of quaternary nitrogens is 1. The second-order valence-electron chi connectivity index (χ2n) is 14.9. The van der Waals surface area contributed by atoms with E-state index in [-0.39, 0.29) is 32.7 Å². The zero-order valence-electron chi connectivity index (χ0n) is 36.2. The number of carboxylic acid groups (broad SMARTS) is 1. The van der Waals surface area contributed by atoms with Crippen LogP contribution in [0.15, 0.2) is 97.2 Å². The highest BCUT2D eigenvalue weighted by Gasteiger charge is 2.21. The van der Waals surface area contributed by atoms with Crippen molar-refractivity contribution >= 4 is 17.9 Å². The van der Waals surface area contributed by atoms with Gasteiger partial charge in [0.15, 0.2) is 12.4 Å². The van der Waals surface area contributed by atoms with Crippen molar-refractivity contribution in [1.29, 1.82) is 0 Å². The molecule has 57 heavy (non-hydrogen) atoms. The Kier molecular flexibility index (Phi) is 36.5. The number of esters is 2. The van der Waals surface area contributed by atoms with E-state index in [0.29, 0.717) is 23.9 Å². The van der Waals surface area contributed by atoms with Crippen LogP contribution < -0.4 is 5.11 Å². The summed E-state index contributed by atoms with van der Waals surface area (Å²) in [6.45, 7) is 4.39.